The quantitative estimate of drug-likeness (QED) is 0.648. The second-order valence-corrected chi connectivity index (χ2v) is 7.87. The Labute approximate surface area is 147 Å². The molecule has 0 amide bonds. The maximum atomic E-state index is 12.6. The monoisotopic (exact) mass is 360 g/mol. The molecule has 1 aliphatic heterocycles. The van der Waals surface area contributed by atoms with Crippen LogP contribution < -0.4 is 0 Å². The molecule has 0 spiro atoms. The maximum Gasteiger partial charge on any atom is 0.243 e. The minimum Gasteiger partial charge on any atom is -0.504 e. The molecule has 1 saturated heterocycles. The number of phenols is 2. The molecule has 0 atom stereocenters. The summed E-state index contributed by atoms with van der Waals surface area (Å²) in [5.41, 5.74) is 0.936. The van der Waals surface area contributed by atoms with Gasteiger partial charge >= 0.3 is 0 Å². The molecule has 0 radical (unpaired) electrons. The zero-order valence-electron chi connectivity index (χ0n) is 13.7. The minimum absolute atomic E-state index is 0.216. The van der Waals surface area contributed by atoms with E-state index in [1.165, 1.54) is 16.6 Å². The highest BCUT2D eigenvalue weighted by Gasteiger charge is 2.25. The predicted molar refractivity (Wildman–Crippen MR) is 96.1 cm³/mol. The van der Waals surface area contributed by atoms with Gasteiger partial charge in [0.05, 0.1) is 10.6 Å². The number of aliphatic imine (C=N–C) groups is 1. The van der Waals surface area contributed by atoms with E-state index in [-0.39, 0.29) is 16.4 Å². The van der Waals surface area contributed by atoms with Crippen molar-refractivity contribution in [1.82, 2.24) is 4.31 Å². The summed E-state index contributed by atoms with van der Waals surface area (Å²) in [6.07, 6.45) is 4.29. The highest BCUT2D eigenvalue weighted by Crippen LogP contribution is 2.28. The van der Waals surface area contributed by atoms with Gasteiger partial charge in [0, 0.05) is 24.9 Å². The van der Waals surface area contributed by atoms with Crippen LogP contribution in [0.2, 0.25) is 0 Å². The van der Waals surface area contributed by atoms with E-state index in [9.17, 15) is 18.6 Å². The lowest BCUT2D eigenvalue weighted by atomic mass is 10.2. The number of aromatic hydroxyl groups is 2. The Morgan fingerprint density at radius 2 is 1.64 bits per heavy atom. The van der Waals surface area contributed by atoms with Crippen molar-refractivity contribution in [2.45, 2.75) is 24.2 Å². The average Bonchev–Trinajstić information content (AvgIpc) is 2.64. The molecule has 0 aromatic heterocycles. The van der Waals surface area contributed by atoms with Gasteiger partial charge in [-0.05, 0) is 49.2 Å². The molecule has 3 rings (SSSR count). The van der Waals surface area contributed by atoms with Gasteiger partial charge in [0.1, 0.15) is 0 Å². The molecule has 1 aliphatic rings. The first-order chi connectivity index (χ1) is 12.0. The van der Waals surface area contributed by atoms with E-state index in [4.69, 9.17) is 0 Å². The van der Waals surface area contributed by atoms with E-state index >= 15 is 0 Å². The number of piperidine rings is 1. The Kier molecular flexibility index (Phi) is 5.06. The van der Waals surface area contributed by atoms with E-state index in [1.807, 2.05) is 0 Å². The number of sulfonamides is 1. The molecule has 0 bridgehead atoms. The fourth-order valence-corrected chi connectivity index (χ4v) is 4.27. The molecule has 25 heavy (non-hydrogen) atoms. The summed E-state index contributed by atoms with van der Waals surface area (Å²) < 4.78 is 26.7. The molecule has 1 heterocycles. The van der Waals surface area contributed by atoms with Crippen molar-refractivity contribution in [3.05, 3.63) is 48.0 Å². The van der Waals surface area contributed by atoms with Gasteiger partial charge < -0.3 is 10.2 Å². The summed E-state index contributed by atoms with van der Waals surface area (Å²) in [5.74, 6) is -0.456. The number of para-hydroxylation sites is 1. The van der Waals surface area contributed by atoms with Crippen molar-refractivity contribution in [3.63, 3.8) is 0 Å². The molecular formula is C18H20N2O4S. The van der Waals surface area contributed by atoms with Crippen molar-refractivity contribution in [2.75, 3.05) is 13.1 Å². The largest absolute Gasteiger partial charge is 0.504 e. The standard InChI is InChI=1S/C18H20N2O4S/c21-17-6-4-5-14(18(17)22)13-19-15-7-9-16(10-8-15)25(23,24)20-11-2-1-3-12-20/h4-10,13,21-22H,1-3,11-12H2. The van der Waals surface area contributed by atoms with Crippen molar-refractivity contribution in [3.8, 4) is 11.5 Å². The number of phenolic OH excluding ortho intramolecular Hbond substituents is 2. The van der Waals surface area contributed by atoms with Gasteiger partial charge in [-0.25, -0.2) is 8.42 Å². The van der Waals surface area contributed by atoms with Crippen molar-refractivity contribution in [2.24, 2.45) is 4.99 Å². The van der Waals surface area contributed by atoms with Gasteiger partial charge in [-0.1, -0.05) is 12.5 Å². The number of rotatable bonds is 4. The van der Waals surface area contributed by atoms with Gasteiger partial charge in [-0.2, -0.15) is 4.31 Å². The zero-order valence-corrected chi connectivity index (χ0v) is 14.5. The lowest BCUT2D eigenvalue weighted by molar-refractivity contribution is 0.346. The van der Waals surface area contributed by atoms with Gasteiger partial charge in [-0.15, -0.1) is 0 Å². The Morgan fingerprint density at radius 1 is 0.960 bits per heavy atom. The third-order valence-electron chi connectivity index (χ3n) is 4.19. The van der Waals surface area contributed by atoms with Crippen LogP contribution in [-0.4, -0.2) is 42.2 Å². The molecule has 2 N–H and O–H groups in total. The average molecular weight is 360 g/mol. The lowest BCUT2D eigenvalue weighted by Gasteiger charge is -2.25. The highest BCUT2D eigenvalue weighted by atomic mass is 32.2. The normalized spacial score (nSPS) is 16.3. The van der Waals surface area contributed by atoms with E-state index in [2.05, 4.69) is 4.99 Å². The number of hydrogen-bond donors (Lipinski definition) is 2. The molecule has 2 aromatic carbocycles. The van der Waals surface area contributed by atoms with E-state index in [0.29, 0.717) is 24.3 Å². The third-order valence-corrected chi connectivity index (χ3v) is 6.10. The molecule has 0 aliphatic carbocycles. The summed E-state index contributed by atoms with van der Waals surface area (Å²) in [7, 11) is -3.45. The van der Waals surface area contributed by atoms with E-state index < -0.39 is 10.0 Å². The van der Waals surface area contributed by atoms with Crippen LogP contribution in [0.5, 0.6) is 11.5 Å². The van der Waals surface area contributed by atoms with Gasteiger partial charge in [0.25, 0.3) is 0 Å². The summed E-state index contributed by atoms with van der Waals surface area (Å²) in [6.45, 7) is 1.14. The Balaban J connectivity index is 1.78. The van der Waals surface area contributed by atoms with Gasteiger partial charge in [0.2, 0.25) is 10.0 Å². The number of hydrogen-bond acceptors (Lipinski definition) is 5. The summed E-state index contributed by atoms with van der Waals surface area (Å²) in [6, 6.07) is 10.9. The third kappa shape index (κ3) is 3.83. The molecule has 132 valence electrons. The highest BCUT2D eigenvalue weighted by molar-refractivity contribution is 7.89. The van der Waals surface area contributed by atoms with Crippen LogP contribution in [0.25, 0.3) is 0 Å². The molecular weight excluding hydrogens is 340 g/mol. The SMILES string of the molecule is O=S(=O)(c1ccc(N=Cc2cccc(O)c2O)cc1)N1CCCCC1. The van der Waals surface area contributed by atoms with E-state index in [0.717, 1.165) is 19.3 Å². The minimum atomic E-state index is -3.45. The predicted octanol–water partition coefficient (Wildman–Crippen LogP) is 3.02. The fourth-order valence-electron chi connectivity index (χ4n) is 2.76. The topological polar surface area (TPSA) is 90.2 Å². The number of benzene rings is 2. The van der Waals surface area contributed by atoms with Crippen LogP contribution in [0.15, 0.2) is 52.4 Å². The maximum absolute atomic E-state index is 12.6. The summed E-state index contributed by atoms with van der Waals surface area (Å²) in [5, 5.41) is 19.2. The molecule has 1 fully saturated rings. The Bertz CT molecular complexity index is 870. The Hall–Kier alpha value is -2.38. The summed E-state index contributed by atoms with van der Waals surface area (Å²) >= 11 is 0. The van der Waals surface area contributed by atoms with Crippen LogP contribution in [0, 0.1) is 0 Å². The van der Waals surface area contributed by atoms with Gasteiger partial charge in [0.15, 0.2) is 11.5 Å². The van der Waals surface area contributed by atoms with Crippen LogP contribution in [0.3, 0.4) is 0 Å². The molecule has 2 aromatic rings. The molecule has 7 heteroatoms. The lowest BCUT2D eigenvalue weighted by Crippen LogP contribution is -2.35. The van der Waals surface area contributed by atoms with Crippen LogP contribution in [-0.2, 0) is 10.0 Å². The fraction of sp³-hybridized carbons (Fsp3) is 0.278. The van der Waals surface area contributed by atoms with Gasteiger partial charge in [-0.3, -0.25) is 4.99 Å². The molecule has 6 nitrogen and oxygen atoms in total. The molecule has 0 saturated carbocycles. The summed E-state index contributed by atoms with van der Waals surface area (Å²) in [4.78, 5) is 4.47. The number of nitrogens with zero attached hydrogens (tertiary/aromatic N) is 2. The second kappa shape index (κ2) is 7.25. The zero-order chi connectivity index (χ0) is 17.9. The van der Waals surface area contributed by atoms with Crippen LogP contribution in [0.4, 0.5) is 5.69 Å². The first-order valence-corrected chi connectivity index (χ1v) is 9.58. The van der Waals surface area contributed by atoms with Crippen LogP contribution >= 0.6 is 0 Å². The van der Waals surface area contributed by atoms with Crippen LogP contribution in [0.1, 0.15) is 24.8 Å². The smallest absolute Gasteiger partial charge is 0.243 e. The van der Waals surface area contributed by atoms with E-state index in [1.54, 1.807) is 36.4 Å². The Morgan fingerprint density at radius 3 is 2.32 bits per heavy atom. The van der Waals surface area contributed by atoms with Crippen molar-refractivity contribution in [1.29, 1.82) is 0 Å². The second-order valence-electron chi connectivity index (χ2n) is 5.93. The first-order valence-electron chi connectivity index (χ1n) is 8.14. The van der Waals surface area contributed by atoms with Crippen molar-refractivity contribution < 1.29 is 18.6 Å². The molecule has 0 unspecified atom stereocenters. The first kappa shape index (κ1) is 17.4. The van der Waals surface area contributed by atoms with Crippen molar-refractivity contribution >= 4 is 21.9 Å².